The number of nitrogens with one attached hydrogen (secondary N) is 1. The maximum absolute atomic E-state index is 12.4. The molecule has 0 aromatic heterocycles. The van der Waals surface area contributed by atoms with Crippen LogP contribution in [0.2, 0.25) is 0 Å². The number of anilines is 1. The highest BCUT2D eigenvalue weighted by molar-refractivity contribution is 8.00. The summed E-state index contributed by atoms with van der Waals surface area (Å²) in [6.07, 6.45) is 0. The molecule has 0 spiro atoms. The van der Waals surface area contributed by atoms with Gasteiger partial charge in [-0.2, -0.15) is 0 Å². The largest absolute Gasteiger partial charge is 0.495 e. The molecule has 0 radical (unpaired) electrons. The maximum atomic E-state index is 12.4. The molecule has 1 N–H and O–H groups in total. The molecule has 0 fully saturated rings. The second kappa shape index (κ2) is 7.75. The van der Waals surface area contributed by atoms with E-state index < -0.39 is 0 Å². The van der Waals surface area contributed by atoms with Gasteiger partial charge >= 0.3 is 0 Å². The lowest BCUT2D eigenvalue weighted by atomic mass is 9.87. The average Bonchev–Trinajstić information content (AvgIpc) is 2.55. The van der Waals surface area contributed by atoms with Crippen LogP contribution in [0.1, 0.15) is 33.3 Å². The molecule has 1 unspecified atom stereocenters. The van der Waals surface area contributed by atoms with Gasteiger partial charge in [-0.25, -0.2) is 0 Å². The van der Waals surface area contributed by atoms with Crippen molar-refractivity contribution in [3.8, 4) is 5.75 Å². The molecule has 2 aromatic rings. The topological polar surface area (TPSA) is 38.3 Å². The Labute approximate surface area is 148 Å². The smallest absolute Gasteiger partial charge is 0.237 e. The summed E-state index contributed by atoms with van der Waals surface area (Å²) in [6, 6.07) is 15.9. The van der Waals surface area contributed by atoms with Crippen LogP contribution in [0.3, 0.4) is 0 Å². The molecule has 0 aliphatic heterocycles. The van der Waals surface area contributed by atoms with E-state index in [1.165, 1.54) is 5.56 Å². The van der Waals surface area contributed by atoms with Crippen molar-refractivity contribution in [1.29, 1.82) is 0 Å². The SMILES string of the molecule is COc1ccccc1NC(=O)C(C)Sc1ccc(C(C)(C)C)cc1. The van der Waals surface area contributed by atoms with Crippen LogP contribution in [-0.2, 0) is 10.2 Å². The molecule has 0 saturated heterocycles. The third-order valence-corrected chi connectivity index (χ3v) is 4.88. The Morgan fingerprint density at radius 1 is 1.08 bits per heavy atom. The number of carbonyl (C=O) groups excluding carboxylic acids is 1. The number of hydrogen-bond donors (Lipinski definition) is 1. The van der Waals surface area contributed by atoms with Gasteiger partial charge in [-0.15, -0.1) is 11.8 Å². The summed E-state index contributed by atoms with van der Waals surface area (Å²) in [4.78, 5) is 13.5. The third-order valence-electron chi connectivity index (χ3n) is 3.77. The number of ether oxygens (including phenoxy) is 1. The molecule has 0 saturated carbocycles. The summed E-state index contributed by atoms with van der Waals surface area (Å²) in [5.41, 5.74) is 2.12. The van der Waals surface area contributed by atoms with Gasteiger partial charge in [-0.05, 0) is 42.2 Å². The van der Waals surface area contributed by atoms with Crippen molar-refractivity contribution in [2.75, 3.05) is 12.4 Å². The number of thioether (sulfide) groups is 1. The standard InChI is InChI=1S/C20H25NO2S/c1-14(19(22)21-17-8-6-7-9-18(17)23-5)24-16-12-10-15(11-13-16)20(2,3)4/h6-14H,1-5H3,(H,21,22). The van der Waals surface area contributed by atoms with Crippen LogP contribution in [0.15, 0.2) is 53.4 Å². The second-order valence-corrected chi connectivity index (χ2v) is 8.14. The second-order valence-electron chi connectivity index (χ2n) is 6.72. The van der Waals surface area contributed by atoms with Gasteiger partial charge in [0.25, 0.3) is 0 Å². The zero-order chi connectivity index (χ0) is 17.7. The third kappa shape index (κ3) is 4.78. The molecule has 3 nitrogen and oxygen atoms in total. The summed E-state index contributed by atoms with van der Waals surface area (Å²) in [5.74, 6) is 0.627. The quantitative estimate of drug-likeness (QED) is 0.767. The number of para-hydroxylation sites is 2. The Hall–Kier alpha value is -1.94. The van der Waals surface area contributed by atoms with Crippen LogP contribution >= 0.6 is 11.8 Å². The number of amides is 1. The van der Waals surface area contributed by atoms with Gasteiger partial charge < -0.3 is 10.1 Å². The average molecular weight is 343 g/mol. The van der Waals surface area contributed by atoms with E-state index in [1.54, 1.807) is 18.9 Å². The van der Waals surface area contributed by atoms with Crippen LogP contribution in [0, 0.1) is 0 Å². The van der Waals surface area contributed by atoms with Crippen LogP contribution in [-0.4, -0.2) is 18.3 Å². The van der Waals surface area contributed by atoms with Crippen molar-refractivity contribution in [2.24, 2.45) is 0 Å². The Kier molecular flexibility index (Phi) is 5.94. The van der Waals surface area contributed by atoms with Gasteiger partial charge in [-0.1, -0.05) is 45.0 Å². The number of benzene rings is 2. The van der Waals surface area contributed by atoms with E-state index in [-0.39, 0.29) is 16.6 Å². The Morgan fingerprint density at radius 2 is 1.71 bits per heavy atom. The Morgan fingerprint density at radius 3 is 2.29 bits per heavy atom. The van der Waals surface area contributed by atoms with E-state index in [2.05, 4.69) is 50.4 Å². The van der Waals surface area contributed by atoms with Crippen molar-refractivity contribution in [2.45, 2.75) is 43.3 Å². The van der Waals surface area contributed by atoms with Crippen LogP contribution in [0.4, 0.5) is 5.69 Å². The molecule has 1 atom stereocenters. The predicted molar refractivity (Wildman–Crippen MR) is 102 cm³/mol. The fraction of sp³-hybridized carbons (Fsp3) is 0.350. The van der Waals surface area contributed by atoms with Gasteiger partial charge in [0.15, 0.2) is 0 Å². The summed E-state index contributed by atoms with van der Waals surface area (Å²) < 4.78 is 5.27. The number of rotatable bonds is 5. The van der Waals surface area contributed by atoms with E-state index in [9.17, 15) is 4.79 Å². The van der Waals surface area contributed by atoms with Crippen molar-refractivity contribution >= 4 is 23.4 Å². The minimum Gasteiger partial charge on any atom is -0.495 e. The molecule has 2 rings (SSSR count). The normalized spacial score (nSPS) is 12.5. The molecule has 24 heavy (non-hydrogen) atoms. The summed E-state index contributed by atoms with van der Waals surface area (Å²) in [6.45, 7) is 8.49. The van der Waals surface area contributed by atoms with Crippen LogP contribution < -0.4 is 10.1 Å². The highest BCUT2D eigenvalue weighted by atomic mass is 32.2. The first kappa shape index (κ1) is 18.4. The van der Waals surface area contributed by atoms with Gasteiger partial charge in [0, 0.05) is 4.90 Å². The van der Waals surface area contributed by atoms with Gasteiger partial charge in [-0.3, -0.25) is 4.79 Å². The van der Waals surface area contributed by atoms with E-state index >= 15 is 0 Å². The fourth-order valence-electron chi connectivity index (χ4n) is 2.27. The number of carbonyl (C=O) groups is 1. The molecule has 128 valence electrons. The summed E-state index contributed by atoms with van der Waals surface area (Å²) >= 11 is 1.55. The van der Waals surface area contributed by atoms with Crippen molar-refractivity contribution in [3.63, 3.8) is 0 Å². The first-order valence-electron chi connectivity index (χ1n) is 8.02. The minimum absolute atomic E-state index is 0.0376. The minimum atomic E-state index is -0.199. The molecular formula is C20H25NO2S. The van der Waals surface area contributed by atoms with E-state index in [0.717, 1.165) is 4.90 Å². The first-order chi connectivity index (χ1) is 11.3. The summed E-state index contributed by atoms with van der Waals surface area (Å²) in [7, 11) is 1.60. The zero-order valence-corrected chi connectivity index (χ0v) is 15.7. The number of methoxy groups -OCH3 is 1. The molecule has 0 bridgehead atoms. The lowest BCUT2D eigenvalue weighted by Crippen LogP contribution is -2.22. The molecule has 1 amide bonds. The molecule has 0 aliphatic carbocycles. The van der Waals surface area contributed by atoms with Gasteiger partial charge in [0.05, 0.1) is 18.0 Å². The lowest BCUT2D eigenvalue weighted by molar-refractivity contribution is -0.115. The van der Waals surface area contributed by atoms with E-state index in [1.807, 2.05) is 31.2 Å². The Bertz CT molecular complexity index is 690. The molecule has 0 aliphatic rings. The monoisotopic (exact) mass is 343 g/mol. The van der Waals surface area contributed by atoms with E-state index in [4.69, 9.17) is 4.74 Å². The van der Waals surface area contributed by atoms with Crippen LogP contribution in [0.5, 0.6) is 5.75 Å². The van der Waals surface area contributed by atoms with Gasteiger partial charge in [0.2, 0.25) is 5.91 Å². The molecule has 4 heteroatoms. The zero-order valence-electron chi connectivity index (χ0n) is 14.9. The molecular weight excluding hydrogens is 318 g/mol. The first-order valence-corrected chi connectivity index (χ1v) is 8.90. The van der Waals surface area contributed by atoms with E-state index in [0.29, 0.717) is 11.4 Å². The van der Waals surface area contributed by atoms with Crippen LogP contribution in [0.25, 0.3) is 0 Å². The fourth-order valence-corrected chi connectivity index (χ4v) is 3.14. The highest BCUT2D eigenvalue weighted by Gasteiger charge is 2.17. The predicted octanol–water partition coefficient (Wildman–Crippen LogP) is 5.11. The maximum Gasteiger partial charge on any atom is 0.237 e. The van der Waals surface area contributed by atoms with Crippen molar-refractivity contribution < 1.29 is 9.53 Å². The molecule has 0 heterocycles. The summed E-state index contributed by atoms with van der Waals surface area (Å²) in [5, 5.41) is 2.73. The lowest BCUT2D eigenvalue weighted by Gasteiger charge is -2.19. The highest BCUT2D eigenvalue weighted by Crippen LogP contribution is 2.29. The van der Waals surface area contributed by atoms with Gasteiger partial charge in [0.1, 0.15) is 5.75 Å². The van der Waals surface area contributed by atoms with Crippen molar-refractivity contribution in [1.82, 2.24) is 0 Å². The molecule has 2 aromatic carbocycles. The van der Waals surface area contributed by atoms with Crippen molar-refractivity contribution in [3.05, 3.63) is 54.1 Å². The Balaban J connectivity index is 2.01. The number of hydrogen-bond acceptors (Lipinski definition) is 3.